The highest BCUT2D eigenvalue weighted by Gasteiger charge is 2.38. The van der Waals surface area contributed by atoms with Gasteiger partial charge in [-0.1, -0.05) is 140 Å². The Bertz CT molecular complexity index is 2730. The first-order valence-corrected chi connectivity index (χ1v) is 19.6. The lowest BCUT2D eigenvalue weighted by atomic mass is 9.91. The van der Waals surface area contributed by atoms with Crippen molar-refractivity contribution in [3.05, 3.63) is 222 Å². The predicted octanol–water partition coefficient (Wildman–Crippen LogP) is 11.0. The summed E-state index contributed by atoms with van der Waals surface area (Å²) in [5.74, 6) is 0.293. The Kier molecular flexibility index (Phi) is 7.85. The Morgan fingerprint density at radius 1 is 0.607 bits per heavy atom. The molecule has 0 fully saturated rings. The minimum Gasteiger partial charge on any atom is -0.387 e. The van der Waals surface area contributed by atoms with Crippen molar-refractivity contribution >= 4 is 44.5 Å². The maximum atomic E-state index is 4.02. The van der Waals surface area contributed by atoms with Gasteiger partial charge in [-0.3, -0.25) is 5.32 Å². The molecule has 3 aliphatic heterocycles. The van der Waals surface area contributed by atoms with E-state index in [2.05, 4.69) is 214 Å². The van der Waals surface area contributed by atoms with Crippen LogP contribution in [0.25, 0.3) is 38.8 Å². The van der Waals surface area contributed by atoms with E-state index in [9.17, 15) is 0 Å². The van der Waals surface area contributed by atoms with Crippen LogP contribution in [0.4, 0.5) is 11.4 Å². The number of nitrogens with one attached hydrogen (secondary N) is 3. The molecule has 6 aromatic carbocycles. The van der Waals surface area contributed by atoms with E-state index in [1.54, 1.807) is 0 Å². The van der Waals surface area contributed by atoms with Crippen molar-refractivity contribution in [2.75, 3.05) is 11.4 Å². The molecule has 5 heteroatoms. The van der Waals surface area contributed by atoms with Crippen molar-refractivity contribution < 1.29 is 0 Å². The lowest BCUT2D eigenvalue weighted by molar-refractivity contribution is 0.442. The number of aromatic nitrogens is 1. The van der Waals surface area contributed by atoms with Gasteiger partial charge in [-0.2, -0.15) is 0 Å². The van der Waals surface area contributed by atoms with E-state index in [0.717, 1.165) is 23.5 Å². The van der Waals surface area contributed by atoms with Crippen molar-refractivity contribution in [1.29, 1.82) is 0 Å². The molecule has 7 aromatic rings. The Morgan fingerprint density at radius 2 is 1.30 bits per heavy atom. The molecule has 0 radical (unpaired) electrons. The smallest absolute Gasteiger partial charge is 0.104 e. The monoisotopic (exact) mass is 723 g/mol. The second kappa shape index (κ2) is 13.5. The summed E-state index contributed by atoms with van der Waals surface area (Å²) in [6.45, 7) is 0.847. The van der Waals surface area contributed by atoms with Crippen molar-refractivity contribution in [2.45, 2.75) is 24.2 Å². The summed E-state index contributed by atoms with van der Waals surface area (Å²) < 4.78 is 2.46. The maximum Gasteiger partial charge on any atom is 0.104 e. The number of anilines is 2. The second-order valence-electron chi connectivity index (χ2n) is 15.1. The number of fused-ring (bicyclic) bond motifs is 6. The maximum absolute atomic E-state index is 4.02. The number of hydrogen-bond acceptors (Lipinski definition) is 4. The lowest BCUT2D eigenvalue weighted by Crippen LogP contribution is -2.39. The summed E-state index contributed by atoms with van der Waals surface area (Å²) in [4.78, 5) is 2.56. The summed E-state index contributed by atoms with van der Waals surface area (Å²) in [6, 6.07) is 53.5. The highest BCUT2D eigenvalue weighted by atomic mass is 15.2. The predicted molar refractivity (Wildman–Crippen MR) is 232 cm³/mol. The van der Waals surface area contributed by atoms with Crippen LogP contribution in [0.2, 0.25) is 0 Å². The molecular weight excluding hydrogens is 683 g/mol. The second-order valence-corrected chi connectivity index (χ2v) is 15.1. The third-order valence-corrected chi connectivity index (χ3v) is 11.8. The number of para-hydroxylation sites is 3. The van der Waals surface area contributed by atoms with Gasteiger partial charge in [0.2, 0.25) is 0 Å². The fourth-order valence-corrected chi connectivity index (χ4v) is 9.20. The Balaban J connectivity index is 1.10. The standard InChI is InChI=1S/C51H41N5/c1-2-12-37(13-3-1)51-53-45(36-24-22-34(23-25-36)35-26-28-52-29-27-35)33-46(54-51)38-30-39(55-47-18-8-4-14-41(47)42-15-5-9-19-48(42)55)32-40(31-38)56-49-20-10-6-16-43(49)44-17-7-11-21-50(44)56/h1-28,30-33,41,46-47,51-54H,29H2. The number of dihydropyridines is 1. The van der Waals surface area contributed by atoms with Gasteiger partial charge >= 0.3 is 0 Å². The average Bonchev–Trinajstić information content (AvgIpc) is 3.80. The van der Waals surface area contributed by atoms with E-state index < -0.39 is 0 Å². The van der Waals surface area contributed by atoms with Crippen LogP contribution in [-0.4, -0.2) is 17.2 Å². The van der Waals surface area contributed by atoms with Crippen LogP contribution in [-0.2, 0) is 0 Å². The van der Waals surface area contributed by atoms with Gasteiger partial charge in [0.1, 0.15) is 6.17 Å². The third kappa shape index (κ3) is 5.51. The zero-order chi connectivity index (χ0) is 37.0. The molecule has 0 spiro atoms. The largest absolute Gasteiger partial charge is 0.387 e. The topological polar surface area (TPSA) is 44.3 Å². The van der Waals surface area contributed by atoms with Crippen LogP contribution in [0.1, 0.15) is 45.9 Å². The van der Waals surface area contributed by atoms with Crippen molar-refractivity contribution in [1.82, 2.24) is 20.5 Å². The van der Waals surface area contributed by atoms with Gasteiger partial charge < -0.3 is 20.1 Å². The van der Waals surface area contributed by atoms with E-state index in [1.165, 1.54) is 61.0 Å². The molecule has 11 rings (SSSR count). The molecule has 4 heterocycles. The number of rotatable bonds is 6. The van der Waals surface area contributed by atoms with E-state index in [1.807, 2.05) is 6.20 Å². The van der Waals surface area contributed by atoms with Gasteiger partial charge in [-0.25, -0.2) is 0 Å². The van der Waals surface area contributed by atoms with Gasteiger partial charge in [0.25, 0.3) is 0 Å². The molecule has 0 bridgehead atoms. The summed E-state index contributed by atoms with van der Waals surface area (Å²) in [5, 5.41) is 13.7. The van der Waals surface area contributed by atoms with Gasteiger partial charge in [0.05, 0.1) is 23.1 Å². The summed E-state index contributed by atoms with van der Waals surface area (Å²) >= 11 is 0. The summed E-state index contributed by atoms with van der Waals surface area (Å²) in [5.41, 5.74) is 14.5. The number of benzene rings is 6. The van der Waals surface area contributed by atoms with Crippen molar-refractivity contribution in [2.24, 2.45) is 0 Å². The molecule has 4 atom stereocenters. The quantitative estimate of drug-likeness (QED) is 0.160. The average molecular weight is 724 g/mol. The van der Waals surface area contributed by atoms with E-state index in [0.29, 0.717) is 5.92 Å². The fourth-order valence-electron chi connectivity index (χ4n) is 9.20. The number of nitrogens with zero attached hydrogens (tertiary/aromatic N) is 2. The molecule has 0 amide bonds. The van der Waals surface area contributed by atoms with Crippen LogP contribution in [0, 0.1) is 0 Å². The molecule has 5 nitrogen and oxygen atoms in total. The number of hydrogen-bond donors (Lipinski definition) is 3. The Labute approximate surface area is 327 Å². The molecule has 0 saturated carbocycles. The number of allylic oxidation sites excluding steroid dienone is 4. The summed E-state index contributed by atoms with van der Waals surface area (Å²) in [6.07, 6.45) is 17.8. The molecule has 4 aliphatic rings. The van der Waals surface area contributed by atoms with Gasteiger partial charge in [0.15, 0.2) is 0 Å². The first kappa shape index (κ1) is 32.6. The van der Waals surface area contributed by atoms with Crippen molar-refractivity contribution in [3.63, 3.8) is 0 Å². The molecule has 1 aliphatic carbocycles. The minimum atomic E-state index is -0.0976. The molecule has 0 saturated heterocycles. The van der Waals surface area contributed by atoms with Crippen molar-refractivity contribution in [3.8, 4) is 5.69 Å². The normalized spacial score (nSPS) is 21.0. The summed E-state index contributed by atoms with van der Waals surface area (Å²) in [7, 11) is 0. The molecule has 270 valence electrons. The van der Waals surface area contributed by atoms with E-state index in [-0.39, 0.29) is 18.2 Å². The zero-order valence-electron chi connectivity index (χ0n) is 30.9. The lowest BCUT2D eigenvalue weighted by Gasteiger charge is -2.34. The molecular formula is C51H41N5. The van der Waals surface area contributed by atoms with Crippen LogP contribution < -0.4 is 20.9 Å². The zero-order valence-corrected chi connectivity index (χ0v) is 30.9. The van der Waals surface area contributed by atoms with Crippen LogP contribution in [0.3, 0.4) is 0 Å². The minimum absolute atomic E-state index is 0.0894. The van der Waals surface area contributed by atoms with Crippen LogP contribution >= 0.6 is 0 Å². The Hall–Kier alpha value is -6.82. The highest BCUT2D eigenvalue weighted by Crippen LogP contribution is 2.49. The van der Waals surface area contributed by atoms with Gasteiger partial charge in [-0.05, 0) is 88.1 Å². The molecule has 4 unspecified atom stereocenters. The first-order valence-electron chi connectivity index (χ1n) is 19.6. The fraction of sp³-hybridized carbons (Fsp3) is 0.0980. The highest BCUT2D eigenvalue weighted by molar-refractivity contribution is 6.09. The van der Waals surface area contributed by atoms with Gasteiger partial charge in [-0.15, -0.1) is 0 Å². The molecule has 3 N–H and O–H groups in total. The first-order chi connectivity index (χ1) is 27.8. The SMILES string of the molecule is C1=CC2c3ccccc3N(c3cc(C4C=C(c5ccc(C6=CCNC=C6)cc5)NC(c5ccccc5)N4)cc(-n4c5ccccc5c5ccccc54)c3)C2C=C1. The molecule has 1 aromatic heterocycles. The third-order valence-electron chi connectivity index (χ3n) is 11.8. The van der Waals surface area contributed by atoms with Gasteiger partial charge in [0, 0.05) is 46.0 Å². The Morgan fingerprint density at radius 3 is 2.09 bits per heavy atom. The van der Waals surface area contributed by atoms with E-state index in [4.69, 9.17) is 0 Å². The van der Waals surface area contributed by atoms with Crippen LogP contribution in [0.15, 0.2) is 194 Å². The van der Waals surface area contributed by atoms with Crippen LogP contribution in [0.5, 0.6) is 0 Å². The van der Waals surface area contributed by atoms with E-state index >= 15 is 0 Å². The molecule has 56 heavy (non-hydrogen) atoms.